The molecular weight excluding hydrogens is 238 g/mol. The molecule has 0 saturated heterocycles. The zero-order valence-electron chi connectivity index (χ0n) is 10.8. The van der Waals surface area contributed by atoms with Gasteiger partial charge in [-0.2, -0.15) is 0 Å². The number of amides is 1. The summed E-state index contributed by atoms with van der Waals surface area (Å²) >= 11 is 0. The van der Waals surface area contributed by atoms with Gasteiger partial charge in [0.25, 0.3) is 0 Å². The highest BCUT2D eigenvalue weighted by Gasteiger charge is 2.34. The van der Waals surface area contributed by atoms with E-state index in [1.807, 2.05) is 6.92 Å². The summed E-state index contributed by atoms with van der Waals surface area (Å²) in [5, 5.41) is 29.8. The molecule has 0 aromatic rings. The minimum atomic E-state index is -1.32. The van der Waals surface area contributed by atoms with Crippen molar-refractivity contribution in [1.82, 2.24) is 5.32 Å². The number of rotatable bonds is 8. The van der Waals surface area contributed by atoms with E-state index in [0.29, 0.717) is 13.0 Å². The zero-order chi connectivity index (χ0) is 13.6. The molecule has 0 atom stereocenters. The summed E-state index contributed by atoms with van der Waals surface area (Å²) in [6.45, 7) is 1.16. The molecule has 0 radical (unpaired) electrons. The fourth-order valence-corrected chi connectivity index (χ4v) is 2.09. The Morgan fingerprint density at radius 3 is 2.28 bits per heavy atom. The number of aliphatic hydroxyl groups is 3. The van der Waals surface area contributed by atoms with Gasteiger partial charge in [-0.15, -0.1) is 0 Å². The van der Waals surface area contributed by atoms with Gasteiger partial charge in [0, 0.05) is 13.0 Å². The van der Waals surface area contributed by atoms with Crippen LogP contribution in [0.5, 0.6) is 0 Å². The van der Waals surface area contributed by atoms with Crippen molar-refractivity contribution < 1.29 is 24.9 Å². The van der Waals surface area contributed by atoms with E-state index in [1.54, 1.807) is 0 Å². The molecule has 1 aliphatic carbocycles. The lowest BCUT2D eigenvalue weighted by Crippen LogP contribution is -2.57. The average molecular weight is 261 g/mol. The number of aliphatic hydroxyl groups excluding tert-OH is 3. The number of ether oxygens (including phenoxy) is 1. The highest BCUT2D eigenvalue weighted by atomic mass is 16.5. The Balaban J connectivity index is 2.30. The van der Waals surface area contributed by atoms with Crippen molar-refractivity contribution >= 4 is 5.91 Å². The van der Waals surface area contributed by atoms with E-state index in [2.05, 4.69) is 5.32 Å². The van der Waals surface area contributed by atoms with E-state index in [9.17, 15) is 4.79 Å². The first-order valence-corrected chi connectivity index (χ1v) is 6.34. The van der Waals surface area contributed by atoms with E-state index >= 15 is 0 Å². The molecule has 6 heteroatoms. The summed E-state index contributed by atoms with van der Waals surface area (Å²) < 4.78 is 5.40. The molecular formula is C12H23NO5. The van der Waals surface area contributed by atoms with Crippen LogP contribution in [0.2, 0.25) is 0 Å². The molecule has 106 valence electrons. The normalized spacial score (nSPS) is 23.6. The first-order chi connectivity index (χ1) is 8.59. The van der Waals surface area contributed by atoms with Gasteiger partial charge in [0.1, 0.15) is 5.54 Å². The smallest absolute Gasteiger partial charge is 0.220 e. The number of carbonyl (C=O) groups excluding carboxylic acids is 1. The monoisotopic (exact) mass is 261 g/mol. The van der Waals surface area contributed by atoms with Crippen LogP contribution in [0.25, 0.3) is 0 Å². The second kappa shape index (κ2) is 7.04. The van der Waals surface area contributed by atoms with Gasteiger partial charge in [0.05, 0.1) is 25.9 Å². The number of nitrogens with one attached hydrogen (secondary N) is 1. The molecule has 1 aliphatic rings. The predicted molar refractivity (Wildman–Crippen MR) is 64.9 cm³/mol. The molecule has 1 amide bonds. The van der Waals surface area contributed by atoms with E-state index < -0.39 is 25.4 Å². The molecule has 0 aromatic carbocycles. The van der Waals surface area contributed by atoms with Crippen LogP contribution in [-0.4, -0.2) is 59.3 Å². The van der Waals surface area contributed by atoms with Crippen LogP contribution in [0, 0.1) is 5.92 Å². The predicted octanol–water partition coefficient (Wildman–Crippen LogP) is -0.976. The van der Waals surface area contributed by atoms with Crippen molar-refractivity contribution in [3.05, 3.63) is 0 Å². The second-order valence-electron chi connectivity index (χ2n) is 4.92. The van der Waals surface area contributed by atoms with Crippen molar-refractivity contribution in [1.29, 1.82) is 0 Å². The number of carbonyl (C=O) groups is 1. The van der Waals surface area contributed by atoms with Crippen molar-refractivity contribution in [2.45, 2.75) is 37.8 Å². The highest BCUT2D eigenvalue weighted by Crippen LogP contribution is 2.32. The average Bonchev–Trinajstić information content (AvgIpc) is 2.34. The van der Waals surface area contributed by atoms with Crippen LogP contribution in [-0.2, 0) is 9.53 Å². The van der Waals surface area contributed by atoms with Gasteiger partial charge < -0.3 is 25.4 Å². The van der Waals surface area contributed by atoms with Crippen molar-refractivity contribution in [3.63, 3.8) is 0 Å². The fraction of sp³-hybridized carbons (Fsp3) is 0.917. The molecule has 0 aromatic heterocycles. The molecule has 0 unspecified atom stereocenters. The molecule has 1 saturated carbocycles. The summed E-state index contributed by atoms with van der Waals surface area (Å²) in [6, 6.07) is 0. The maximum absolute atomic E-state index is 11.7. The Hall–Kier alpha value is -0.690. The minimum Gasteiger partial charge on any atom is -0.394 e. The fourth-order valence-electron chi connectivity index (χ4n) is 2.09. The maximum atomic E-state index is 11.7. The van der Waals surface area contributed by atoms with Gasteiger partial charge in [0.2, 0.25) is 5.91 Å². The van der Waals surface area contributed by atoms with Gasteiger partial charge in [0.15, 0.2) is 0 Å². The summed E-state index contributed by atoms with van der Waals surface area (Å²) in [7, 11) is 0. The maximum Gasteiger partial charge on any atom is 0.220 e. The summed E-state index contributed by atoms with van der Waals surface area (Å²) in [6.07, 6.45) is 2.33. The first-order valence-electron chi connectivity index (χ1n) is 6.34. The van der Waals surface area contributed by atoms with Gasteiger partial charge in [-0.3, -0.25) is 4.79 Å². The first kappa shape index (κ1) is 15.4. The SMILES string of the molecule is CCOC1CC(CC(=O)NC(CO)(CO)CO)C1. The zero-order valence-corrected chi connectivity index (χ0v) is 10.8. The Morgan fingerprint density at radius 2 is 1.83 bits per heavy atom. The van der Waals surface area contributed by atoms with Crippen LogP contribution < -0.4 is 5.32 Å². The van der Waals surface area contributed by atoms with Crippen LogP contribution in [0.1, 0.15) is 26.2 Å². The van der Waals surface area contributed by atoms with E-state index in [0.717, 1.165) is 12.8 Å². The molecule has 1 rings (SSSR count). The highest BCUT2D eigenvalue weighted by molar-refractivity contribution is 5.77. The molecule has 0 spiro atoms. The molecule has 0 bridgehead atoms. The van der Waals surface area contributed by atoms with Crippen molar-refractivity contribution in [2.75, 3.05) is 26.4 Å². The van der Waals surface area contributed by atoms with Gasteiger partial charge >= 0.3 is 0 Å². The molecule has 6 nitrogen and oxygen atoms in total. The van der Waals surface area contributed by atoms with Crippen molar-refractivity contribution in [2.24, 2.45) is 5.92 Å². The third-order valence-corrected chi connectivity index (χ3v) is 3.38. The molecule has 18 heavy (non-hydrogen) atoms. The van der Waals surface area contributed by atoms with Crippen molar-refractivity contribution in [3.8, 4) is 0 Å². The molecule has 4 N–H and O–H groups in total. The number of hydrogen-bond acceptors (Lipinski definition) is 5. The van der Waals surface area contributed by atoms with Crippen LogP contribution in [0.4, 0.5) is 0 Å². The van der Waals surface area contributed by atoms with Crippen LogP contribution in [0.3, 0.4) is 0 Å². The van der Waals surface area contributed by atoms with Gasteiger partial charge in [-0.1, -0.05) is 0 Å². The van der Waals surface area contributed by atoms with Crippen LogP contribution in [0.15, 0.2) is 0 Å². The lowest BCUT2D eigenvalue weighted by molar-refractivity contribution is -0.128. The van der Waals surface area contributed by atoms with Gasteiger partial charge in [-0.05, 0) is 25.7 Å². The molecule has 0 heterocycles. The summed E-state index contributed by atoms with van der Waals surface area (Å²) in [4.78, 5) is 11.7. The van der Waals surface area contributed by atoms with E-state index in [4.69, 9.17) is 20.1 Å². The standard InChI is InChI=1S/C12H23NO5/c1-2-18-10-3-9(4-10)5-11(17)13-12(6-14,7-15)8-16/h9-10,14-16H,2-8H2,1H3,(H,13,17). The summed E-state index contributed by atoms with van der Waals surface area (Å²) in [5.41, 5.74) is -1.32. The van der Waals surface area contributed by atoms with E-state index in [1.165, 1.54) is 0 Å². The lowest BCUT2D eigenvalue weighted by atomic mass is 9.79. The Bertz CT molecular complexity index is 253. The Kier molecular flexibility index (Phi) is 6.01. The Morgan fingerprint density at radius 1 is 1.28 bits per heavy atom. The molecule has 1 fully saturated rings. The summed E-state index contributed by atoms with van der Waals surface area (Å²) in [5.74, 6) is 0.0300. The topological polar surface area (TPSA) is 99.0 Å². The second-order valence-corrected chi connectivity index (χ2v) is 4.92. The minimum absolute atomic E-state index is 0.256. The van der Waals surface area contributed by atoms with Gasteiger partial charge in [-0.25, -0.2) is 0 Å². The van der Waals surface area contributed by atoms with Crippen LogP contribution >= 0.6 is 0 Å². The lowest BCUT2D eigenvalue weighted by Gasteiger charge is -2.36. The molecule has 0 aliphatic heterocycles. The number of hydrogen-bond donors (Lipinski definition) is 4. The third kappa shape index (κ3) is 3.91. The largest absolute Gasteiger partial charge is 0.394 e. The quantitative estimate of drug-likeness (QED) is 0.450. The third-order valence-electron chi connectivity index (χ3n) is 3.38. The Labute approximate surface area is 107 Å². The van der Waals surface area contributed by atoms with E-state index in [-0.39, 0.29) is 17.9 Å².